The van der Waals surface area contributed by atoms with Crippen LogP contribution in [0.2, 0.25) is 0 Å². The molecule has 0 N–H and O–H groups in total. The summed E-state index contributed by atoms with van der Waals surface area (Å²) in [5.41, 5.74) is 3.59. The molecule has 0 saturated carbocycles. The van der Waals surface area contributed by atoms with Gasteiger partial charge in [0.15, 0.2) is 0 Å². The van der Waals surface area contributed by atoms with Gasteiger partial charge in [0.05, 0.1) is 11.2 Å². The van der Waals surface area contributed by atoms with E-state index in [1.165, 1.54) is 6.07 Å². The van der Waals surface area contributed by atoms with Gasteiger partial charge in [0.2, 0.25) is 0 Å². The molecule has 4 heteroatoms. The van der Waals surface area contributed by atoms with Gasteiger partial charge >= 0.3 is 0 Å². The lowest BCUT2D eigenvalue weighted by Crippen LogP contribution is -2.06. The lowest BCUT2D eigenvalue weighted by Gasteiger charge is -2.13. The summed E-state index contributed by atoms with van der Waals surface area (Å²) in [4.78, 5) is 4.23. The third-order valence-electron chi connectivity index (χ3n) is 2.47. The Bertz CT molecular complexity index is 444. The van der Waals surface area contributed by atoms with E-state index in [2.05, 4.69) is 20.9 Å². The van der Waals surface area contributed by atoms with Crippen LogP contribution in [0.1, 0.15) is 17.2 Å². The first kappa shape index (κ1) is 11.7. The molecule has 16 heavy (non-hydrogen) atoms. The van der Waals surface area contributed by atoms with Crippen molar-refractivity contribution in [1.29, 1.82) is 0 Å². The molecule has 1 unspecified atom stereocenters. The molecule has 2 aromatic rings. The van der Waals surface area contributed by atoms with Crippen LogP contribution in [-0.2, 0) is 6.42 Å². The summed E-state index contributed by atoms with van der Waals surface area (Å²) in [6.07, 6.45) is 0.773. The van der Waals surface area contributed by atoms with Gasteiger partial charge in [-0.2, -0.15) is 0 Å². The zero-order valence-corrected chi connectivity index (χ0v) is 11.0. The molecule has 0 aliphatic heterocycles. The number of alkyl halides is 1. The van der Waals surface area contributed by atoms with Gasteiger partial charge in [-0.3, -0.25) is 0 Å². The maximum atomic E-state index is 13.6. The average molecular weight is 300 g/mol. The van der Waals surface area contributed by atoms with Crippen LogP contribution in [-0.4, -0.2) is 10.3 Å². The highest BCUT2D eigenvalue weighted by molar-refractivity contribution is 9.09. The minimum absolute atomic E-state index is 0.137. The minimum Gasteiger partial charge on any atom is -0.250 e. The van der Waals surface area contributed by atoms with Crippen LogP contribution in [0, 0.1) is 5.82 Å². The topological polar surface area (TPSA) is 12.9 Å². The molecule has 0 aliphatic rings. The highest BCUT2D eigenvalue weighted by atomic mass is 79.9. The van der Waals surface area contributed by atoms with E-state index in [1.807, 2.05) is 23.0 Å². The van der Waals surface area contributed by atoms with Crippen molar-refractivity contribution in [3.8, 4) is 0 Å². The molecule has 0 bridgehead atoms. The summed E-state index contributed by atoms with van der Waals surface area (Å²) in [6.45, 7) is 0. The lowest BCUT2D eigenvalue weighted by atomic mass is 9.96. The van der Waals surface area contributed by atoms with E-state index in [0.29, 0.717) is 0 Å². The number of hydrogen-bond acceptors (Lipinski definition) is 2. The Morgan fingerprint density at radius 2 is 2.19 bits per heavy atom. The van der Waals surface area contributed by atoms with Crippen molar-refractivity contribution in [1.82, 2.24) is 4.98 Å². The van der Waals surface area contributed by atoms with E-state index in [9.17, 15) is 4.39 Å². The fraction of sp³-hybridized carbons (Fsp3) is 0.250. The minimum atomic E-state index is -0.137. The molecular weight excluding hydrogens is 289 g/mol. The smallest absolute Gasteiger partial charge is 0.126 e. The molecule has 1 aromatic heterocycles. The van der Waals surface area contributed by atoms with Gasteiger partial charge in [-0.05, 0) is 18.1 Å². The normalized spacial score (nSPS) is 12.6. The van der Waals surface area contributed by atoms with Crippen LogP contribution in [0.25, 0.3) is 0 Å². The van der Waals surface area contributed by atoms with Crippen LogP contribution in [0.3, 0.4) is 0 Å². The largest absolute Gasteiger partial charge is 0.250 e. The second kappa shape index (κ2) is 5.55. The van der Waals surface area contributed by atoms with E-state index in [0.717, 1.165) is 23.0 Å². The Morgan fingerprint density at radius 1 is 1.38 bits per heavy atom. The number of rotatable bonds is 4. The van der Waals surface area contributed by atoms with E-state index >= 15 is 0 Å². The third kappa shape index (κ3) is 2.68. The Morgan fingerprint density at radius 3 is 2.81 bits per heavy atom. The molecule has 2 rings (SSSR count). The highest BCUT2D eigenvalue weighted by Gasteiger charge is 2.15. The molecule has 0 saturated heterocycles. The van der Waals surface area contributed by atoms with Crippen molar-refractivity contribution in [2.24, 2.45) is 0 Å². The van der Waals surface area contributed by atoms with Crippen molar-refractivity contribution in [2.75, 3.05) is 5.33 Å². The van der Waals surface area contributed by atoms with Gasteiger partial charge in [-0.25, -0.2) is 9.37 Å². The fourth-order valence-corrected chi connectivity index (χ4v) is 2.79. The summed E-state index contributed by atoms with van der Waals surface area (Å²) in [5.74, 6) is 0.00507. The quantitative estimate of drug-likeness (QED) is 0.778. The van der Waals surface area contributed by atoms with Crippen molar-refractivity contribution in [2.45, 2.75) is 12.3 Å². The summed E-state index contributed by atoms with van der Waals surface area (Å²) >= 11 is 5.01. The number of benzene rings is 1. The molecule has 0 amide bonds. The molecule has 0 aliphatic carbocycles. The van der Waals surface area contributed by atoms with Crippen LogP contribution in [0.15, 0.2) is 35.2 Å². The fourth-order valence-electron chi connectivity index (χ4n) is 1.64. The van der Waals surface area contributed by atoms with Gasteiger partial charge in [0.25, 0.3) is 0 Å². The Hall–Kier alpha value is -0.740. The first-order chi connectivity index (χ1) is 7.81. The maximum absolute atomic E-state index is 13.6. The molecular formula is C12H11BrFNS. The Labute approximate surface area is 106 Å². The number of hydrogen-bond donors (Lipinski definition) is 0. The standard InChI is InChI=1S/C12H11BrFNS/c13-6-9(5-10-7-16-8-15-10)11-3-1-2-4-12(11)14/h1-4,7-9H,5-6H2. The summed E-state index contributed by atoms with van der Waals surface area (Å²) < 4.78 is 13.6. The molecule has 0 radical (unpaired) electrons. The SMILES string of the molecule is Fc1ccccc1C(CBr)Cc1cscn1. The number of thiazole rings is 1. The summed E-state index contributed by atoms with van der Waals surface area (Å²) in [7, 11) is 0. The molecule has 1 heterocycles. The Balaban J connectivity index is 2.20. The molecule has 1 atom stereocenters. The van der Waals surface area contributed by atoms with Crippen molar-refractivity contribution < 1.29 is 4.39 Å². The zero-order chi connectivity index (χ0) is 11.4. The van der Waals surface area contributed by atoms with E-state index in [1.54, 1.807) is 17.4 Å². The second-order valence-electron chi connectivity index (χ2n) is 3.56. The monoisotopic (exact) mass is 299 g/mol. The molecule has 0 fully saturated rings. The third-order valence-corrected chi connectivity index (χ3v) is 3.89. The molecule has 1 aromatic carbocycles. The maximum Gasteiger partial charge on any atom is 0.126 e. The van der Waals surface area contributed by atoms with Crippen LogP contribution >= 0.6 is 27.3 Å². The summed E-state index contributed by atoms with van der Waals surface area (Å²) in [6, 6.07) is 6.93. The van der Waals surface area contributed by atoms with Gasteiger partial charge in [-0.1, -0.05) is 34.1 Å². The highest BCUT2D eigenvalue weighted by Crippen LogP contribution is 2.25. The second-order valence-corrected chi connectivity index (χ2v) is 4.92. The van der Waals surface area contributed by atoms with Crippen LogP contribution in [0.5, 0.6) is 0 Å². The average Bonchev–Trinajstić information content (AvgIpc) is 2.80. The van der Waals surface area contributed by atoms with Crippen molar-refractivity contribution >= 4 is 27.3 Å². The first-order valence-electron chi connectivity index (χ1n) is 4.98. The van der Waals surface area contributed by atoms with Gasteiger partial charge < -0.3 is 0 Å². The zero-order valence-electron chi connectivity index (χ0n) is 8.57. The van der Waals surface area contributed by atoms with E-state index in [-0.39, 0.29) is 11.7 Å². The van der Waals surface area contributed by atoms with Crippen LogP contribution in [0.4, 0.5) is 4.39 Å². The van der Waals surface area contributed by atoms with Crippen LogP contribution < -0.4 is 0 Å². The van der Waals surface area contributed by atoms with Gasteiger partial charge in [0.1, 0.15) is 5.82 Å². The lowest BCUT2D eigenvalue weighted by molar-refractivity contribution is 0.589. The van der Waals surface area contributed by atoms with E-state index in [4.69, 9.17) is 0 Å². The van der Waals surface area contributed by atoms with Crippen molar-refractivity contribution in [3.05, 3.63) is 52.2 Å². The summed E-state index contributed by atoms with van der Waals surface area (Å²) in [5, 5.41) is 2.75. The molecule has 1 nitrogen and oxygen atoms in total. The van der Waals surface area contributed by atoms with Gasteiger partial charge in [0, 0.05) is 16.6 Å². The number of halogens is 2. The first-order valence-corrected chi connectivity index (χ1v) is 7.05. The predicted octanol–water partition coefficient (Wildman–Crippen LogP) is 4.00. The molecule has 84 valence electrons. The Kier molecular flexibility index (Phi) is 4.07. The number of nitrogens with zero attached hydrogens (tertiary/aromatic N) is 1. The van der Waals surface area contributed by atoms with Gasteiger partial charge in [-0.15, -0.1) is 11.3 Å². The number of aromatic nitrogens is 1. The van der Waals surface area contributed by atoms with E-state index < -0.39 is 0 Å². The van der Waals surface area contributed by atoms with Crippen molar-refractivity contribution in [3.63, 3.8) is 0 Å². The predicted molar refractivity (Wildman–Crippen MR) is 68.8 cm³/mol. The molecule has 0 spiro atoms.